The van der Waals surface area contributed by atoms with Gasteiger partial charge in [0.05, 0.1) is 16.1 Å². The van der Waals surface area contributed by atoms with E-state index in [0.29, 0.717) is 16.2 Å². The largest absolute Gasteiger partial charge is 0.478 e. The fourth-order valence-corrected chi connectivity index (χ4v) is 3.81. The molecule has 2 aromatic rings. The number of carbonyl (C=O) groups is 1. The first kappa shape index (κ1) is 12.5. The van der Waals surface area contributed by atoms with E-state index in [-0.39, 0.29) is 0 Å². The number of para-hydroxylation sites is 1. The van der Waals surface area contributed by atoms with Gasteiger partial charge in [0.25, 0.3) is 0 Å². The molecule has 0 unspecified atom stereocenters. The van der Waals surface area contributed by atoms with Crippen molar-refractivity contribution in [2.24, 2.45) is 0 Å². The number of thioether (sulfide) groups is 1. The monoisotopic (exact) mass is 273 g/mol. The highest BCUT2D eigenvalue weighted by Crippen LogP contribution is 2.35. The summed E-state index contributed by atoms with van der Waals surface area (Å²) >= 11 is 1.72. The highest BCUT2D eigenvalue weighted by molar-refractivity contribution is 7.99. The Hall–Kier alpha value is -1.55. The van der Waals surface area contributed by atoms with Crippen LogP contribution in [0.25, 0.3) is 10.9 Å². The first-order valence-electron chi connectivity index (χ1n) is 6.54. The van der Waals surface area contributed by atoms with Crippen molar-refractivity contribution in [1.82, 2.24) is 4.98 Å². The molecule has 0 spiro atoms. The van der Waals surface area contributed by atoms with Gasteiger partial charge in [-0.05, 0) is 25.0 Å². The van der Waals surface area contributed by atoms with Crippen LogP contribution in [0.4, 0.5) is 0 Å². The second-order valence-corrected chi connectivity index (χ2v) is 6.18. The Kier molecular flexibility index (Phi) is 3.42. The number of fused-ring (bicyclic) bond motifs is 1. The number of carboxylic acid groups (broad SMARTS) is 1. The van der Waals surface area contributed by atoms with Crippen molar-refractivity contribution in [3.63, 3.8) is 0 Å². The third-order valence-corrected chi connectivity index (χ3v) is 4.77. The zero-order valence-electron chi connectivity index (χ0n) is 10.5. The molecule has 3 nitrogen and oxygen atoms in total. The van der Waals surface area contributed by atoms with Gasteiger partial charge in [0.15, 0.2) is 0 Å². The molecule has 1 heterocycles. The topological polar surface area (TPSA) is 50.2 Å². The van der Waals surface area contributed by atoms with Crippen LogP contribution in [-0.4, -0.2) is 21.3 Å². The summed E-state index contributed by atoms with van der Waals surface area (Å²) < 4.78 is 0. The van der Waals surface area contributed by atoms with E-state index < -0.39 is 5.97 Å². The summed E-state index contributed by atoms with van der Waals surface area (Å²) in [4.78, 5) is 15.9. The maximum Gasteiger partial charge on any atom is 0.336 e. The maximum absolute atomic E-state index is 11.4. The van der Waals surface area contributed by atoms with Gasteiger partial charge in [0, 0.05) is 10.6 Å². The lowest BCUT2D eigenvalue weighted by Crippen LogP contribution is -2.01. The molecule has 0 aliphatic heterocycles. The second kappa shape index (κ2) is 5.21. The molecule has 0 radical (unpaired) electrons. The van der Waals surface area contributed by atoms with Gasteiger partial charge in [0.2, 0.25) is 0 Å². The SMILES string of the molecule is O=C(O)c1cc(SC2CCCC2)nc2ccccc12. The van der Waals surface area contributed by atoms with E-state index in [4.69, 9.17) is 0 Å². The van der Waals surface area contributed by atoms with Crippen LogP contribution in [0.5, 0.6) is 0 Å². The maximum atomic E-state index is 11.4. The van der Waals surface area contributed by atoms with E-state index in [9.17, 15) is 9.90 Å². The zero-order valence-corrected chi connectivity index (χ0v) is 11.3. The van der Waals surface area contributed by atoms with Crippen molar-refractivity contribution in [3.8, 4) is 0 Å². The van der Waals surface area contributed by atoms with Crippen LogP contribution in [0.2, 0.25) is 0 Å². The highest BCUT2D eigenvalue weighted by atomic mass is 32.2. The standard InChI is InChI=1S/C15H15NO2S/c17-15(18)12-9-14(19-10-5-1-2-6-10)16-13-8-4-3-7-11(12)13/h3-4,7-10H,1-2,5-6H2,(H,17,18). The quantitative estimate of drug-likeness (QED) is 0.919. The molecule has 1 N–H and O–H groups in total. The van der Waals surface area contributed by atoms with Gasteiger partial charge in [-0.3, -0.25) is 0 Å². The van der Waals surface area contributed by atoms with Gasteiger partial charge in [0.1, 0.15) is 0 Å². The van der Waals surface area contributed by atoms with E-state index in [1.165, 1.54) is 25.7 Å². The molecule has 0 amide bonds. The molecule has 1 aromatic carbocycles. The van der Waals surface area contributed by atoms with Crippen molar-refractivity contribution < 1.29 is 9.90 Å². The fourth-order valence-electron chi connectivity index (χ4n) is 2.57. The number of nitrogens with zero attached hydrogens (tertiary/aromatic N) is 1. The van der Waals surface area contributed by atoms with E-state index in [1.54, 1.807) is 17.8 Å². The van der Waals surface area contributed by atoms with Gasteiger partial charge in [-0.1, -0.05) is 31.0 Å². The summed E-state index contributed by atoms with van der Waals surface area (Å²) in [5.41, 5.74) is 1.12. The minimum absolute atomic E-state index is 0.353. The predicted octanol–water partition coefficient (Wildman–Crippen LogP) is 3.97. The van der Waals surface area contributed by atoms with E-state index >= 15 is 0 Å². The lowest BCUT2D eigenvalue weighted by molar-refractivity contribution is 0.0698. The molecule has 1 saturated carbocycles. The van der Waals surface area contributed by atoms with Crippen LogP contribution in [0.15, 0.2) is 35.4 Å². The molecule has 0 saturated heterocycles. The summed E-state index contributed by atoms with van der Waals surface area (Å²) in [5.74, 6) is -0.883. The summed E-state index contributed by atoms with van der Waals surface area (Å²) in [5, 5.41) is 11.5. The minimum atomic E-state index is -0.883. The molecule has 0 bridgehead atoms. The Morgan fingerprint density at radius 1 is 1.26 bits per heavy atom. The van der Waals surface area contributed by atoms with Crippen molar-refractivity contribution in [2.75, 3.05) is 0 Å². The molecular weight excluding hydrogens is 258 g/mol. The Balaban J connectivity index is 2.02. The van der Waals surface area contributed by atoms with Gasteiger partial charge in [-0.2, -0.15) is 0 Å². The van der Waals surface area contributed by atoms with Gasteiger partial charge in [-0.25, -0.2) is 9.78 Å². The number of benzene rings is 1. The Labute approximate surface area is 116 Å². The Morgan fingerprint density at radius 3 is 2.74 bits per heavy atom. The molecule has 0 atom stereocenters. The van der Waals surface area contributed by atoms with Crippen molar-refractivity contribution in [1.29, 1.82) is 0 Å². The molecule has 1 aromatic heterocycles. The number of pyridine rings is 1. The first-order valence-corrected chi connectivity index (χ1v) is 7.42. The highest BCUT2D eigenvalue weighted by Gasteiger charge is 2.18. The number of hydrogen-bond donors (Lipinski definition) is 1. The molecule has 19 heavy (non-hydrogen) atoms. The lowest BCUT2D eigenvalue weighted by Gasteiger charge is -2.10. The average Bonchev–Trinajstić information content (AvgIpc) is 2.90. The smallest absolute Gasteiger partial charge is 0.336 e. The normalized spacial score (nSPS) is 16.0. The number of carboxylic acids is 1. The molecule has 4 heteroatoms. The summed E-state index contributed by atoms with van der Waals surface area (Å²) in [6.45, 7) is 0. The summed E-state index contributed by atoms with van der Waals surface area (Å²) in [7, 11) is 0. The minimum Gasteiger partial charge on any atom is -0.478 e. The summed E-state index contributed by atoms with van der Waals surface area (Å²) in [6, 6.07) is 9.15. The van der Waals surface area contributed by atoms with E-state index in [2.05, 4.69) is 4.98 Å². The van der Waals surface area contributed by atoms with Gasteiger partial charge >= 0.3 is 5.97 Å². The van der Waals surface area contributed by atoms with Crippen LogP contribution in [0.3, 0.4) is 0 Å². The number of hydrogen-bond acceptors (Lipinski definition) is 3. The Morgan fingerprint density at radius 2 is 2.00 bits per heavy atom. The molecule has 3 rings (SSSR count). The first-order chi connectivity index (χ1) is 9.24. The Bertz CT molecular complexity index is 621. The number of aromatic nitrogens is 1. The molecule has 1 fully saturated rings. The van der Waals surface area contributed by atoms with Crippen LogP contribution in [0, 0.1) is 0 Å². The van der Waals surface area contributed by atoms with Crippen molar-refractivity contribution >= 4 is 28.6 Å². The third-order valence-electron chi connectivity index (χ3n) is 3.51. The number of aromatic carboxylic acids is 1. The van der Waals surface area contributed by atoms with E-state index in [0.717, 1.165) is 10.5 Å². The molecule has 1 aliphatic rings. The fraction of sp³-hybridized carbons (Fsp3) is 0.333. The van der Waals surface area contributed by atoms with Crippen LogP contribution >= 0.6 is 11.8 Å². The molecular formula is C15H15NO2S. The number of rotatable bonds is 3. The van der Waals surface area contributed by atoms with Gasteiger partial charge < -0.3 is 5.11 Å². The molecule has 1 aliphatic carbocycles. The lowest BCUT2D eigenvalue weighted by atomic mass is 10.1. The van der Waals surface area contributed by atoms with Crippen molar-refractivity contribution in [2.45, 2.75) is 36.0 Å². The second-order valence-electron chi connectivity index (χ2n) is 4.85. The third kappa shape index (κ3) is 2.59. The predicted molar refractivity (Wildman–Crippen MR) is 76.8 cm³/mol. The van der Waals surface area contributed by atoms with Crippen LogP contribution in [-0.2, 0) is 0 Å². The van der Waals surface area contributed by atoms with Crippen molar-refractivity contribution in [3.05, 3.63) is 35.9 Å². The van der Waals surface area contributed by atoms with E-state index in [1.807, 2.05) is 24.3 Å². The average molecular weight is 273 g/mol. The summed E-state index contributed by atoms with van der Waals surface area (Å²) in [6.07, 6.45) is 4.97. The van der Waals surface area contributed by atoms with Gasteiger partial charge in [-0.15, -0.1) is 11.8 Å². The van der Waals surface area contributed by atoms with Crippen LogP contribution in [0.1, 0.15) is 36.0 Å². The molecule has 98 valence electrons. The zero-order chi connectivity index (χ0) is 13.2. The van der Waals surface area contributed by atoms with Crippen LogP contribution < -0.4 is 0 Å².